The molecule has 0 aromatic heterocycles. The first-order valence-corrected chi connectivity index (χ1v) is 9.89. The molecule has 0 saturated heterocycles. The fourth-order valence-electron chi connectivity index (χ4n) is 3.00. The molecule has 1 atom stereocenters. The third kappa shape index (κ3) is 4.90. The molecule has 0 bridgehead atoms. The summed E-state index contributed by atoms with van der Waals surface area (Å²) in [5, 5.41) is 25.1. The molecule has 0 radical (unpaired) electrons. The Kier molecular flexibility index (Phi) is 6.59. The van der Waals surface area contributed by atoms with Crippen LogP contribution in [0, 0.1) is 17.1 Å². The predicted octanol–water partition coefficient (Wildman–Crippen LogP) is 3.25. The molecule has 2 aromatic rings. The van der Waals surface area contributed by atoms with Gasteiger partial charge in [0.2, 0.25) is 11.8 Å². The fourth-order valence-corrected chi connectivity index (χ4v) is 3.87. The molecule has 3 rings (SSSR count). The minimum absolute atomic E-state index is 0.0453. The lowest BCUT2D eigenvalue weighted by molar-refractivity contribution is -0.121. The molecule has 2 aromatic carbocycles. The van der Waals surface area contributed by atoms with Gasteiger partial charge >= 0.3 is 0 Å². The Bertz CT molecular complexity index is 1050. The topological polar surface area (TPSA) is 111 Å². The Morgan fingerprint density at radius 2 is 2.10 bits per heavy atom. The molecule has 2 amide bonds. The van der Waals surface area contributed by atoms with E-state index in [2.05, 4.69) is 16.7 Å². The van der Waals surface area contributed by atoms with Crippen LogP contribution < -0.4 is 15.4 Å². The highest BCUT2D eigenvalue weighted by Gasteiger charge is 2.30. The number of nitrogens with one attached hydrogen (secondary N) is 2. The van der Waals surface area contributed by atoms with Gasteiger partial charge in [0, 0.05) is 18.0 Å². The Morgan fingerprint density at radius 3 is 2.77 bits per heavy atom. The number of hydrogen-bond acceptors (Lipinski definition) is 6. The van der Waals surface area contributed by atoms with Crippen LogP contribution in [0.15, 0.2) is 53.1 Å². The molecular weight excluding hydrogens is 409 g/mol. The monoisotopic (exact) mass is 427 g/mol. The second-order valence-electron chi connectivity index (χ2n) is 6.43. The van der Waals surface area contributed by atoms with Crippen molar-refractivity contribution in [1.82, 2.24) is 5.32 Å². The van der Waals surface area contributed by atoms with Crippen molar-refractivity contribution in [2.24, 2.45) is 0 Å². The highest BCUT2D eigenvalue weighted by molar-refractivity contribution is 8.03. The van der Waals surface area contributed by atoms with E-state index in [1.165, 1.54) is 37.4 Å². The summed E-state index contributed by atoms with van der Waals surface area (Å²) in [5.74, 6) is -1.44. The Labute approximate surface area is 176 Å². The number of anilines is 1. The zero-order chi connectivity index (χ0) is 21.7. The molecule has 1 heterocycles. The van der Waals surface area contributed by atoms with Crippen molar-refractivity contribution in [2.45, 2.75) is 12.3 Å². The van der Waals surface area contributed by atoms with Crippen LogP contribution >= 0.6 is 11.8 Å². The van der Waals surface area contributed by atoms with Gasteiger partial charge in [0.05, 0.1) is 29.5 Å². The van der Waals surface area contributed by atoms with E-state index in [-0.39, 0.29) is 35.5 Å². The number of carbonyl (C=O) groups excluding carboxylic acids is 2. The second kappa shape index (κ2) is 9.33. The van der Waals surface area contributed by atoms with Crippen LogP contribution in [0.3, 0.4) is 0 Å². The first-order valence-electron chi connectivity index (χ1n) is 8.90. The molecule has 3 N–H and O–H groups in total. The zero-order valence-corrected chi connectivity index (χ0v) is 16.8. The molecule has 30 heavy (non-hydrogen) atoms. The van der Waals surface area contributed by atoms with Crippen molar-refractivity contribution in [3.05, 3.63) is 64.4 Å². The highest BCUT2D eigenvalue weighted by Crippen LogP contribution is 2.38. The van der Waals surface area contributed by atoms with E-state index in [0.717, 1.165) is 11.8 Å². The minimum Gasteiger partial charge on any atom is -0.504 e. The molecule has 154 valence electrons. The van der Waals surface area contributed by atoms with Gasteiger partial charge in [-0.1, -0.05) is 17.8 Å². The third-order valence-electron chi connectivity index (χ3n) is 4.44. The van der Waals surface area contributed by atoms with E-state index in [1.54, 1.807) is 12.1 Å². The molecule has 0 aliphatic carbocycles. The van der Waals surface area contributed by atoms with Gasteiger partial charge in [0.15, 0.2) is 11.5 Å². The molecule has 0 unspecified atom stereocenters. The van der Waals surface area contributed by atoms with Crippen molar-refractivity contribution >= 4 is 29.3 Å². The van der Waals surface area contributed by atoms with Crippen molar-refractivity contribution in [3.8, 4) is 17.6 Å². The molecule has 1 aliphatic heterocycles. The van der Waals surface area contributed by atoms with Gasteiger partial charge in [-0.2, -0.15) is 5.26 Å². The van der Waals surface area contributed by atoms with E-state index in [0.29, 0.717) is 21.9 Å². The SMILES string of the molecule is COc1cc([C@@H]2CC(=O)NC(SCC(=O)Nc3ccc(F)cc3)=C2C#N)ccc1O. The van der Waals surface area contributed by atoms with Crippen molar-refractivity contribution in [3.63, 3.8) is 0 Å². The molecule has 0 spiro atoms. The molecule has 0 saturated carbocycles. The van der Waals surface area contributed by atoms with Gasteiger partial charge in [-0.25, -0.2) is 4.39 Å². The van der Waals surface area contributed by atoms with Crippen LogP contribution in [0.1, 0.15) is 17.9 Å². The highest BCUT2D eigenvalue weighted by atomic mass is 32.2. The quantitative estimate of drug-likeness (QED) is 0.653. The Balaban J connectivity index is 1.78. The summed E-state index contributed by atoms with van der Waals surface area (Å²) in [6.45, 7) is 0. The maximum Gasteiger partial charge on any atom is 0.234 e. The van der Waals surface area contributed by atoms with E-state index in [1.807, 2.05) is 0 Å². The first kappa shape index (κ1) is 21.2. The fraction of sp³-hybridized carbons (Fsp3) is 0.190. The van der Waals surface area contributed by atoms with E-state index < -0.39 is 11.7 Å². The lowest BCUT2D eigenvalue weighted by atomic mass is 9.87. The number of benzene rings is 2. The summed E-state index contributed by atoms with van der Waals surface area (Å²) in [7, 11) is 1.41. The predicted molar refractivity (Wildman–Crippen MR) is 110 cm³/mol. The van der Waals surface area contributed by atoms with Crippen LogP contribution in [-0.4, -0.2) is 29.8 Å². The molecule has 1 aliphatic rings. The van der Waals surface area contributed by atoms with Crippen molar-refractivity contribution in [1.29, 1.82) is 5.26 Å². The standard InChI is InChI=1S/C21H18FN3O4S/c1-29-18-8-12(2-7-17(18)26)15-9-19(27)25-21(16(15)10-23)30-11-20(28)24-14-5-3-13(22)4-6-14/h2-8,15,26H,9,11H2,1H3,(H,24,28)(H,25,27)/t15-/m0/s1. The molecule has 0 fully saturated rings. The van der Waals surface area contributed by atoms with Crippen LogP contribution in [0.4, 0.5) is 10.1 Å². The number of methoxy groups -OCH3 is 1. The maximum atomic E-state index is 13.0. The minimum atomic E-state index is -0.527. The molecule has 7 nitrogen and oxygen atoms in total. The summed E-state index contributed by atoms with van der Waals surface area (Å²) < 4.78 is 18.1. The number of amides is 2. The number of allylic oxidation sites excluding steroid dienone is 1. The van der Waals surface area contributed by atoms with Crippen molar-refractivity contribution in [2.75, 3.05) is 18.2 Å². The molecular formula is C21H18FN3O4S. The average molecular weight is 427 g/mol. The number of phenols is 1. The normalized spacial score (nSPS) is 15.9. The number of ether oxygens (including phenoxy) is 1. The van der Waals surface area contributed by atoms with Crippen LogP contribution in [0.5, 0.6) is 11.5 Å². The summed E-state index contributed by atoms with van der Waals surface area (Å²) in [6.07, 6.45) is 0.0582. The van der Waals surface area contributed by atoms with E-state index >= 15 is 0 Å². The van der Waals surface area contributed by atoms with Gasteiger partial charge < -0.3 is 20.5 Å². The van der Waals surface area contributed by atoms with Crippen LogP contribution in [0.2, 0.25) is 0 Å². The number of aromatic hydroxyl groups is 1. The van der Waals surface area contributed by atoms with Crippen LogP contribution in [0.25, 0.3) is 0 Å². The molecule has 9 heteroatoms. The lowest BCUT2D eigenvalue weighted by Gasteiger charge is -2.25. The lowest BCUT2D eigenvalue weighted by Crippen LogP contribution is -2.31. The summed E-state index contributed by atoms with van der Waals surface area (Å²) in [4.78, 5) is 24.4. The second-order valence-corrected chi connectivity index (χ2v) is 7.42. The Hall–Kier alpha value is -3.51. The number of halogens is 1. The number of hydrogen-bond donors (Lipinski definition) is 3. The van der Waals surface area contributed by atoms with Gasteiger partial charge in [-0.15, -0.1) is 0 Å². The Morgan fingerprint density at radius 1 is 1.37 bits per heavy atom. The number of carbonyl (C=O) groups is 2. The number of nitriles is 1. The number of nitrogens with zero attached hydrogens (tertiary/aromatic N) is 1. The van der Waals surface area contributed by atoms with E-state index in [9.17, 15) is 24.3 Å². The smallest absolute Gasteiger partial charge is 0.234 e. The van der Waals surface area contributed by atoms with Gasteiger partial charge in [-0.3, -0.25) is 9.59 Å². The summed E-state index contributed by atoms with van der Waals surface area (Å²) in [6, 6.07) is 12.1. The zero-order valence-electron chi connectivity index (χ0n) is 15.9. The largest absolute Gasteiger partial charge is 0.504 e. The number of rotatable bonds is 6. The maximum absolute atomic E-state index is 13.0. The first-order chi connectivity index (χ1) is 14.4. The summed E-state index contributed by atoms with van der Waals surface area (Å²) >= 11 is 1.03. The third-order valence-corrected chi connectivity index (χ3v) is 5.45. The summed E-state index contributed by atoms with van der Waals surface area (Å²) in [5.41, 5.74) is 1.41. The van der Waals surface area contributed by atoms with Crippen LogP contribution in [-0.2, 0) is 9.59 Å². The van der Waals surface area contributed by atoms with Crippen molar-refractivity contribution < 1.29 is 23.8 Å². The van der Waals surface area contributed by atoms with Gasteiger partial charge in [-0.05, 0) is 42.0 Å². The number of phenolic OH excluding ortho intramolecular Hbond substituents is 1. The van der Waals surface area contributed by atoms with E-state index in [4.69, 9.17) is 4.74 Å². The van der Waals surface area contributed by atoms with Gasteiger partial charge in [0.25, 0.3) is 0 Å². The number of thioether (sulfide) groups is 1. The van der Waals surface area contributed by atoms with Gasteiger partial charge in [0.1, 0.15) is 5.82 Å². The average Bonchev–Trinajstić information content (AvgIpc) is 2.74.